The molecule has 0 aromatic heterocycles. The normalized spacial score (nSPS) is 17.5. The van der Waals surface area contributed by atoms with Crippen molar-refractivity contribution < 1.29 is 46.0 Å². The predicted molar refractivity (Wildman–Crippen MR) is 498 cm³/mol. The lowest BCUT2D eigenvalue weighted by Gasteiger charge is -2.36. The third-order valence-corrected chi connectivity index (χ3v) is 31.6. The van der Waals surface area contributed by atoms with E-state index in [9.17, 15) is 46.0 Å². The molecule has 0 saturated heterocycles. The summed E-state index contributed by atoms with van der Waals surface area (Å²) in [5.74, 6) is 1.97. The van der Waals surface area contributed by atoms with Crippen LogP contribution in [0.15, 0.2) is 133 Å². The summed E-state index contributed by atoms with van der Waals surface area (Å²) in [6, 6.07) is 47.6. The average molecular weight is 1640 g/mol. The summed E-state index contributed by atoms with van der Waals surface area (Å²) in [5.41, 5.74) is 24.7. The molecule has 6 aliphatic carbocycles. The van der Waals surface area contributed by atoms with Crippen molar-refractivity contribution in [2.45, 2.75) is 340 Å². The maximum Gasteiger partial charge on any atom is 0.122 e. The lowest BCUT2D eigenvalue weighted by atomic mass is 9.67. The molecule has 9 N–H and O–H groups in total. The molecular formula is C113H136O9. The van der Waals surface area contributed by atoms with E-state index in [2.05, 4.69) is 159 Å². The largest absolute Gasteiger partial charge is 0.508 e. The number of aromatic hydroxyl groups is 9. The van der Waals surface area contributed by atoms with Crippen LogP contribution in [0.1, 0.15) is 428 Å². The molecule has 122 heavy (non-hydrogen) atoms. The highest BCUT2D eigenvalue weighted by Crippen LogP contribution is 2.57. The monoisotopic (exact) mass is 1640 g/mol. The quantitative estimate of drug-likeness (QED) is 0.0336. The molecule has 16 rings (SSSR count). The van der Waals surface area contributed by atoms with Crippen LogP contribution in [-0.4, -0.2) is 46.0 Å². The van der Waals surface area contributed by atoms with E-state index >= 15 is 0 Å². The smallest absolute Gasteiger partial charge is 0.122 e. The van der Waals surface area contributed by atoms with Gasteiger partial charge in [-0.3, -0.25) is 0 Å². The van der Waals surface area contributed by atoms with E-state index in [4.69, 9.17) is 0 Å². The van der Waals surface area contributed by atoms with E-state index in [1.165, 1.54) is 38.5 Å². The van der Waals surface area contributed by atoms with Gasteiger partial charge in [0.1, 0.15) is 51.7 Å². The second kappa shape index (κ2) is 35.6. The Morgan fingerprint density at radius 1 is 0.205 bits per heavy atom. The van der Waals surface area contributed by atoms with Gasteiger partial charge in [-0.1, -0.05) is 214 Å². The summed E-state index contributed by atoms with van der Waals surface area (Å²) in [4.78, 5) is 0. The standard InChI is InChI=1S/C113H136O9/c1-65-50-100(114)91(74-31-19-13-20-32-74)59-85(65)106(86-60-92(101(115)51-66(86)2)75-33-21-14-22-34-75)97-56-82(47-71(7)109(97)120)112(10,11)80-43-45-81(46-44-80)113(12,83-48-72(8)110(121)98(57-83)107(87-61-93(102(116)52-67(87)3)76-35-23-15-24-36-76)88-62-94(103(117)53-68(88)4)77-37-25-16-26-38-77)84-49-73(9)111(122)99(58-84)108(89-63-95(104(118)54-69(89)5)78-39-27-17-28-40-78)90-64-96(105(119)55-70(90)6)79-41-29-18-30-42-79/h43-64,74-79,106-108,114-122H,13-42H2,1-12H3. The van der Waals surface area contributed by atoms with Crippen LogP contribution in [0.5, 0.6) is 51.7 Å². The van der Waals surface area contributed by atoms with Gasteiger partial charge in [-0.2, -0.15) is 0 Å². The first-order valence-corrected chi connectivity index (χ1v) is 47.2. The summed E-state index contributed by atoms with van der Waals surface area (Å²) in [5, 5.41) is 113. The van der Waals surface area contributed by atoms with Crippen molar-refractivity contribution in [3.05, 3.63) is 295 Å². The molecular weight excluding hydrogens is 1500 g/mol. The van der Waals surface area contributed by atoms with Gasteiger partial charge in [0.2, 0.25) is 0 Å². The first-order chi connectivity index (χ1) is 58.6. The molecule has 0 heterocycles. The number of hydrogen-bond acceptors (Lipinski definition) is 9. The summed E-state index contributed by atoms with van der Waals surface area (Å²) in [6.45, 7) is 25.5. The Balaban J connectivity index is 0.921. The third-order valence-electron chi connectivity index (χ3n) is 31.6. The van der Waals surface area contributed by atoms with Crippen LogP contribution in [0, 0.1) is 62.3 Å². The second-order valence-electron chi connectivity index (χ2n) is 39.9. The van der Waals surface area contributed by atoms with Gasteiger partial charge in [0.05, 0.1) is 0 Å². The molecule has 0 aliphatic heterocycles. The predicted octanol–water partition coefficient (Wildman–Crippen LogP) is 29.3. The van der Waals surface area contributed by atoms with Gasteiger partial charge >= 0.3 is 0 Å². The Hall–Kier alpha value is -9.60. The van der Waals surface area contributed by atoms with Crippen molar-refractivity contribution >= 4 is 0 Å². The number of rotatable bonds is 20. The number of phenolic OH excluding ortho intramolecular Hbond substituents is 9. The van der Waals surface area contributed by atoms with E-state index in [0.29, 0.717) is 56.8 Å². The van der Waals surface area contributed by atoms with Gasteiger partial charge in [-0.05, 0) is 375 Å². The SMILES string of the molecule is Cc1cc(O)c(C2CCCCC2)cc1C(c1cc(C2CCCCC2)c(O)cc1C)c1cc(C(C)(C)c2ccc(C(C)(c3cc(C)c(O)c(C(c4cc(C5CCCCC5)c(O)cc4C)c4cc(C5CCCCC5)c(O)cc4C)c3)c3cc(C)c(O)c(C(c4cc(C5CCCCC5)c(O)cc4C)c4cc(C5CCCCC5)c(O)cc4C)c3)cc2)cc(C)c1O. The topological polar surface area (TPSA) is 182 Å². The van der Waals surface area contributed by atoms with Crippen LogP contribution in [-0.2, 0) is 10.8 Å². The minimum absolute atomic E-state index is 0.171. The molecule has 6 fully saturated rings. The van der Waals surface area contributed by atoms with E-state index in [1.807, 2.05) is 57.2 Å². The zero-order chi connectivity index (χ0) is 85.9. The van der Waals surface area contributed by atoms with Crippen molar-refractivity contribution in [1.82, 2.24) is 0 Å². The van der Waals surface area contributed by atoms with E-state index in [-0.39, 0.29) is 52.8 Å². The lowest BCUT2D eigenvalue weighted by molar-refractivity contribution is 0.412. The van der Waals surface area contributed by atoms with Gasteiger partial charge in [0.15, 0.2) is 0 Å². The first kappa shape index (κ1) is 85.9. The lowest BCUT2D eigenvalue weighted by Crippen LogP contribution is -2.27. The first-order valence-electron chi connectivity index (χ1n) is 47.2. The van der Waals surface area contributed by atoms with Crippen LogP contribution in [0.25, 0.3) is 0 Å². The van der Waals surface area contributed by atoms with Crippen molar-refractivity contribution in [2.75, 3.05) is 0 Å². The zero-order valence-corrected chi connectivity index (χ0v) is 75.1. The Kier molecular flexibility index (Phi) is 25.1. The Bertz CT molecular complexity index is 5100. The van der Waals surface area contributed by atoms with Gasteiger partial charge in [0, 0.05) is 45.3 Å². The van der Waals surface area contributed by atoms with Crippen LogP contribution >= 0.6 is 0 Å². The molecule has 0 spiro atoms. The van der Waals surface area contributed by atoms with Crippen molar-refractivity contribution in [2.24, 2.45) is 0 Å². The highest BCUT2D eigenvalue weighted by Gasteiger charge is 2.41. The highest BCUT2D eigenvalue weighted by molar-refractivity contribution is 5.68. The van der Waals surface area contributed by atoms with Gasteiger partial charge in [0.25, 0.3) is 0 Å². The van der Waals surface area contributed by atoms with Crippen LogP contribution in [0.4, 0.5) is 0 Å². The summed E-state index contributed by atoms with van der Waals surface area (Å²) < 4.78 is 0. The second-order valence-corrected chi connectivity index (χ2v) is 39.9. The fourth-order valence-electron chi connectivity index (χ4n) is 24.1. The molecule has 9 heteroatoms. The van der Waals surface area contributed by atoms with Gasteiger partial charge in [-0.15, -0.1) is 0 Å². The number of hydrogen-bond donors (Lipinski definition) is 9. The maximum atomic E-state index is 13.6. The summed E-state index contributed by atoms with van der Waals surface area (Å²) >= 11 is 0. The molecule has 0 radical (unpaired) electrons. The summed E-state index contributed by atoms with van der Waals surface area (Å²) in [7, 11) is 0. The molecule has 10 aromatic rings. The molecule has 6 saturated carbocycles. The highest BCUT2D eigenvalue weighted by atomic mass is 16.3. The van der Waals surface area contributed by atoms with Crippen LogP contribution < -0.4 is 0 Å². The molecule has 6 aliphatic rings. The Labute approximate surface area is 727 Å². The fourth-order valence-corrected chi connectivity index (χ4v) is 24.1. The van der Waals surface area contributed by atoms with Gasteiger partial charge < -0.3 is 46.0 Å². The Morgan fingerprint density at radius 2 is 0.393 bits per heavy atom. The molecule has 642 valence electrons. The number of benzene rings is 10. The fraction of sp³-hybridized carbons (Fsp3) is 0.469. The van der Waals surface area contributed by atoms with Crippen molar-refractivity contribution in [3.8, 4) is 51.7 Å². The van der Waals surface area contributed by atoms with Gasteiger partial charge in [-0.25, -0.2) is 0 Å². The third kappa shape index (κ3) is 16.6. The molecule has 0 atom stereocenters. The molecule has 0 bridgehead atoms. The minimum atomic E-state index is -1.08. The molecule has 0 unspecified atom stereocenters. The summed E-state index contributed by atoms with van der Waals surface area (Å²) in [6.07, 6.45) is 32.1. The molecule has 9 nitrogen and oxygen atoms in total. The van der Waals surface area contributed by atoms with Crippen molar-refractivity contribution in [1.29, 1.82) is 0 Å². The van der Waals surface area contributed by atoms with Crippen LogP contribution in [0.3, 0.4) is 0 Å². The number of phenols is 9. The maximum absolute atomic E-state index is 13.6. The van der Waals surface area contributed by atoms with E-state index < -0.39 is 28.6 Å². The van der Waals surface area contributed by atoms with E-state index in [0.717, 1.165) is 293 Å². The molecule has 0 amide bonds. The average Bonchev–Trinajstić information content (AvgIpc) is 0.728. The molecule has 10 aromatic carbocycles. The van der Waals surface area contributed by atoms with Crippen molar-refractivity contribution in [3.63, 3.8) is 0 Å². The van der Waals surface area contributed by atoms with Crippen LogP contribution in [0.2, 0.25) is 0 Å². The minimum Gasteiger partial charge on any atom is -0.508 e. The van der Waals surface area contributed by atoms with E-state index in [1.54, 1.807) is 0 Å². The Morgan fingerprint density at radius 3 is 0.607 bits per heavy atom. The number of aryl methyl sites for hydroxylation is 9. The zero-order valence-electron chi connectivity index (χ0n) is 75.1.